The summed E-state index contributed by atoms with van der Waals surface area (Å²) >= 11 is 0. The van der Waals surface area contributed by atoms with Gasteiger partial charge < -0.3 is 19.5 Å². The number of carbonyl (C=O) groups is 1. The molecule has 7 heteroatoms. The van der Waals surface area contributed by atoms with Gasteiger partial charge in [0.1, 0.15) is 17.3 Å². The number of para-hydroxylation sites is 1. The Bertz CT molecular complexity index is 1290. The molecule has 0 unspecified atom stereocenters. The number of amides is 1. The van der Waals surface area contributed by atoms with E-state index >= 15 is 0 Å². The van der Waals surface area contributed by atoms with Crippen LogP contribution in [0.4, 0.5) is 15.8 Å². The van der Waals surface area contributed by atoms with E-state index in [2.05, 4.69) is 10.3 Å². The fourth-order valence-corrected chi connectivity index (χ4v) is 4.13. The van der Waals surface area contributed by atoms with E-state index in [1.54, 1.807) is 19.4 Å². The quantitative estimate of drug-likeness (QED) is 0.452. The van der Waals surface area contributed by atoms with E-state index < -0.39 is 5.82 Å². The largest absolute Gasteiger partial charge is 0.497 e. The first-order valence-electron chi connectivity index (χ1n) is 10.7. The van der Waals surface area contributed by atoms with Gasteiger partial charge in [-0.05, 0) is 35.9 Å². The number of fused-ring (bicyclic) bond motifs is 1. The number of nitrogens with one attached hydrogen (secondary N) is 1. The summed E-state index contributed by atoms with van der Waals surface area (Å²) in [6.07, 6.45) is 4.59. The molecule has 0 atom stereocenters. The molecule has 33 heavy (non-hydrogen) atoms. The van der Waals surface area contributed by atoms with Crippen molar-refractivity contribution in [2.75, 3.05) is 19.0 Å². The van der Waals surface area contributed by atoms with Gasteiger partial charge in [0, 0.05) is 48.8 Å². The molecule has 0 aliphatic carbocycles. The molecule has 0 spiro atoms. The Labute approximate surface area is 191 Å². The predicted octanol–water partition coefficient (Wildman–Crippen LogP) is 5.10. The van der Waals surface area contributed by atoms with Crippen molar-refractivity contribution in [1.29, 1.82) is 0 Å². The molecule has 1 N–H and O–H groups in total. The van der Waals surface area contributed by atoms with Crippen LogP contribution in [0.25, 0.3) is 11.1 Å². The number of carbonyl (C=O) groups excluding carboxylic acids is 1. The molecular weight excluding hydrogens is 419 g/mol. The molecule has 4 aromatic rings. The Hall–Kier alpha value is -4.13. The van der Waals surface area contributed by atoms with E-state index in [9.17, 15) is 9.18 Å². The highest BCUT2D eigenvalue weighted by atomic mass is 19.1. The van der Waals surface area contributed by atoms with Crippen LogP contribution in [0.1, 0.15) is 16.1 Å². The van der Waals surface area contributed by atoms with Gasteiger partial charge in [-0.1, -0.05) is 30.3 Å². The third-order valence-corrected chi connectivity index (χ3v) is 5.82. The Morgan fingerprint density at radius 3 is 2.55 bits per heavy atom. The molecule has 1 aliphatic rings. The van der Waals surface area contributed by atoms with Crippen molar-refractivity contribution in [3.63, 3.8) is 0 Å². The van der Waals surface area contributed by atoms with Crippen molar-refractivity contribution < 1.29 is 13.9 Å². The topological polar surface area (TPSA) is 59.4 Å². The number of anilines is 2. The lowest BCUT2D eigenvalue weighted by Gasteiger charge is -2.29. The lowest BCUT2D eigenvalue weighted by Crippen LogP contribution is -2.39. The number of methoxy groups -OCH3 is 1. The maximum atomic E-state index is 14.7. The lowest BCUT2D eigenvalue weighted by atomic mass is 10.1. The zero-order chi connectivity index (χ0) is 22.8. The van der Waals surface area contributed by atoms with Crippen molar-refractivity contribution in [1.82, 2.24) is 14.5 Å². The summed E-state index contributed by atoms with van der Waals surface area (Å²) < 4.78 is 21.8. The van der Waals surface area contributed by atoms with Crippen molar-refractivity contribution in [3.05, 3.63) is 96.3 Å². The Kier molecular flexibility index (Phi) is 5.52. The van der Waals surface area contributed by atoms with Crippen molar-refractivity contribution in [2.24, 2.45) is 0 Å². The van der Waals surface area contributed by atoms with Gasteiger partial charge in [0.2, 0.25) is 0 Å². The van der Waals surface area contributed by atoms with E-state index in [-0.39, 0.29) is 5.91 Å². The first-order valence-corrected chi connectivity index (χ1v) is 10.7. The summed E-state index contributed by atoms with van der Waals surface area (Å²) in [7, 11) is 1.63. The van der Waals surface area contributed by atoms with E-state index in [1.165, 1.54) is 6.20 Å². The maximum absolute atomic E-state index is 14.7. The van der Waals surface area contributed by atoms with Gasteiger partial charge in [-0.25, -0.2) is 4.39 Å². The van der Waals surface area contributed by atoms with E-state index in [4.69, 9.17) is 4.74 Å². The highest BCUT2D eigenvalue weighted by Crippen LogP contribution is 2.38. The highest BCUT2D eigenvalue weighted by molar-refractivity contribution is 6.04. The number of hydrogen-bond donors (Lipinski definition) is 1. The summed E-state index contributed by atoms with van der Waals surface area (Å²) in [5, 5.41) is 3.36. The molecule has 0 radical (unpaired) electrons. The average Bonchev–Trinajstić information content (AvgIpc) is 3.21. The summed E-state index contributed by atoms with van der Waals surface area (Å²) in [6, 6.07) is 18.9. The van der Waals surface area contributed by atoms with Gasteiger partial charge in [-0.3, -0.25) is 9.78 Å². The average molecular weight is 442 g/mol. The van der Waals surface area contributed by atoms with Crippen LogP contribution in [-0.2, 0) is 13.1 Å². The van der Waals surface area contributed by atoms with Gasteiger partial charge >= 0.3 is 0 Å². The highest BCUT2D eigenvalue weighted by Gasteiger charge is 2.31. The second-order valence-electron chi connectivity index (χ2n) is 7.88. The molecule has 166 valence electrons. The molecule has 0 bridgehead atoms. The number of ether oxygens (including phenoxy) is 1. The molecule has 2 aromatic heterocycles. The fraction of sp³-hybridized carbons (Fsp3) is 0.154. The molecule has 2 aromatic carbocycles. The first kappa shape index (κ1) is 20.8. The van der Waals surface area contributed by atoms with Crippen LogP contribution in [0.2, 0.25) is 0 Å². The number of halogens is 1. The number of nitrogens with zero attached hydrogens (tertiary/aromatic N) is 3. The summed E-state index contributed by atoms with van der Waals surface area (Å²) in [5.41, 5.74) is 3.98. The Morgan fingerprint density at radius 1 is 1.03 bits per heavy atom. The number of hydrogen-bond acceptors (Lipinski definition) is 4. The molecule has 5 rings (SSSR count). The molecule has 1 aliphatic heterocycles. The van der Waals surface area contributed by atoms with Crippen molar-refractivity contribution in [2.45, 2.75) is 13.1 Å². The Balaban J connectivity index is 1.54. The minimum Gasteiger partial charge on any atom is -0.497 e. The van der Waals surface area contributed by atoms with E-state index in [0.29, 0.717) is 42.1 Å². The van der Waals surface area contributed by atoms with Crippen LogP contribution < -0.4 is 10.1 Å². The zero-order valence-electron chi connectivity index (χ0n) is 18.2. The minimum absolute atomic E-state index is 0.101. The Morgan fingerprint density at radius 2 is 1.82 bits per heavy atom. The number of aromatic nitrogens is 2. The van der Waals surface area contributed by atoms with Crippen LogP contribution in [0, 0.1) is 5.82 Å². The van der Waals surface area contributed by atoms with Gasteiger partial charge in [-0.15, -0.1) is 0 Å². The third-order valence-electron chi connectivity index (χ3n) is 5.82. The molecule has 0 saturated heterocycles. The predicted molar refractivity (Wildman–Crippen MR) is 125 cm³/mol. The number of benzene rings is 2. The fourth-order valence-electron chi connectivity index (χ4n) is 4.13. The maximum Gasteiger partial charge on any atom is 0.273 e. The standard InChI is InChI=1S/C26H23FN4O2/c1-33-20-9-7-18(8-10-20)16-31-14-13-30-17-22(21-11-12-28-15-23(21)27)24(25(30)26(31)32)29-19-5-3-2-4-6-19/h2-12,15,17,29H,13-14,16H2,1H3. The molecule has 0 fully saturated rings. The van der Waals surface area contributed by atoms with Crippen molar-refractivity contribution in [3.8, 4) is 16.9 Å². The van der Waals surface area contributed by atoms with Crippen LogP contribution in [0.3, 0.4) is 0 Å². The van der Waals surface area contributed by atoms with Crippen LogP contribution in [0.5, 0.6) is 5.75 Å². The summed E-state index contributed by atoms with van der Waals surface area (Å²) in [5.74, 6) is 0.242. The van der Waals surface area contributed by atoms with Crippen LogP contribution in [-0.4, -0.2) is 34.0 Å². The van der Waals surface area contributed by atoms with E-state index in [0.717, 1.165) is 17.0 Å². The second kappa shape index (κ2) is 8.78. The van der Waals surface area contributed by atoms with Crippen molar-refractivity contribution >= 4 is 17.3 Å². The lowest BCUT2D eigenvalue weighted by molar-refractivity contribution is 0.0692. The van der Waals surface area contributed by atoms with E-state index in [1.807, 2.05) is 70.3 Å². The van der Waals surface area contributed by atoms with Gasteiger partial charge in [0.25, 0.3) is 5.91 Å². The van der Waals surface area contributed by atoms with Crippen LogP contribution >= 0.6 is 0 Å². The summed E-state index contributed by atoms with van der Waals surface area (Å²) in [4.78, 5) is 19.3. The zero-order valence-corrected chi connectivity index (χ0v) is 18.2. The minimum atomic E-state index is -0.431. The first-order chi connectivity index (χ1) is 16.1. The molecular formula is C26H23FN4O2. The molecule has 1 amide bonds. The second-order valence-corrected chi connectivity index (χ2v) is 7.88. The molecule has 3 heterocycles. The molecule has 0 saturated carbocycles. The monoisotopic (exact) mass is 442 g/mol. The van der Waals surface area contributed by atoms with Gasteiger partial charge in [0.15, 0.2) is 0 Å². The summed E-state index contributed by atoms with van der Waals surface area (Å²) in [6.45, 7) is 1.67. The number of rotatable bonds is 6. The smallest absolute Gasteiger partial charge is 0.273 e. The van der Waals surface area contributed by atoms with Gasteiger partial charge in [-0.2, -0.15) is 0 Å². The van der Waals surface area contributed by atoms with Crippen LogP contribution in [0.15, 0.2) is 79.3 Å². The molecule has 6 nitrogen and oxygen atoms in total. The SMILES string of the molecule is COc1ccc(CN2CCn3cc(-c4ccncc4F)c(Nc4ccccc4)c3C2=O)cc1. The number of pyridine rings is 1. The third kappa shape index (κ3) is 4.05. The normalized spacial score (nSPS) is 13.0. The van der Waals surface area contributed by atoms with Gasteiger partial charge in [0.05, 0.1) is 19.0 Å².